The molecule has 1 heterocycles. The molecule has 6 nitrogen and oxygen atoms in total. The summed E-state index contributed by atoms with van der Waals surface area (Å²) < 4.78 is 15.8. The van der Waals surface area contributed by atoms with Crippen molar-refractivity contribution < 1.29 is 14.0 Å². The summed E-state index contributed by atoms with van der Waals surface area (Å²) in [6, 6.07) is 5.39. The Kier molecular flexibility index (Phi) is 6.07. The molecule has 1 aromatic carbocycles. The van der Waals surface area contributed by atoms with Crippen LogP contribution in [0.3, 0.4) is 0 Å². The maximum atomic E-state index is 6.24. The van der Waals surface area contributed by atoms with Crippen molar-refractivity contribution in [3.63, 3.8) is 0 Å². The monoisotopic (exact) mass is 353 g/mol. The first kappa shape index (κ1) is 18.5. The summed E-state index contributed by atoms with van der Waals surface area (Å²) in [6.45, 7) is 9.06. The molecule has 132 valence electrons. The second kappa shape index (κ2) is 7.85. The van der Waals surface area contributed by atoms with Crippen LogP contribution in [-0.2, 0) is 10.2 Å². The van der Waals surface area contributed by atoms with Gasteiger partial charge in [0.25, 0.3) is 0 Å². The van der Waals surface area contributed by atoms with Crippen LogP contribution >= 0.6 is 11.6 Å². The van der Waals surface area contributed by atoms with E-state index < -0.39 is 0 Å². The first-order chi connectivity index (χ1) is 11.3. The number of anilines is 1. The molecule has 0 radical (unpaired) electrons. The van der Waals surface area contributed by atoms with Crippen LogP contribution in [0.1, 0.15) is 45.5 Å². The van der Waals surface area contributed by atoms with Crippen LogP contribution in [0.5, 0.6) is 5.75 Å². The standard InChI is InChI=1S/C17H24ClN3O3/c1-11(15-20-16(21-24-15)17(2,3)4)19-12-6-7-14(13(18)10-12)23-9-8-22-5/h6-7,10-11,19H,8-9H2,1-5H3. The zero-order valence-electron chi connectivity index (χ0n) is 14.7. The van der Waals surface area contributed by atoms with E-state index in [0.717, 1.165) is 5.69 Å². The van der Waals surface area contributed by atoms with Crippen LogP contribution in [0, 0.1) is 0 Å². The summed E-state index contributed by atoms with van der Waals surface area (Å²) in [5.41, 5.74) is 0.702. The third kappa shape index (κ3) is 4.85. The van der Waals surface area contributed by atoms with Gasteiger partial charge in [0.05, 0.1) is 11.6 Å². The molecular weight excluding hydrogens is 330 g/mol. The van der Waals surface area contributed by atoms with Crippen molar-refractivity contribution in [3.8, 4) is 5.75 Å². The number of hydrogen-bond acceptors (Lipinski definition) is 6. The van der Waals surface area contributed by atoms with Gasteiger partial charge >= 0.3 is 0 Å². The third-order valence-electron chi connectivity index (χ3n) is 3.34. The maximum absolute atomic E-state index is 6.24. The topological polar surface area (TPSA) is 69.4 Å². The number of nitrogens with one attached hydrogen (secondary N) is 1. The van der Waals surface area contributed by atoms with Crippen molar-refractivity contribution in [3.05, 3.63) is 34.9 Å². The van der Waals surface area contributed by atoms with Gasteiger partial charge in [0.15, 0.2) is 5.82 Å². The minimum Gasteiger partial charge on any atom is -0.490 e. The van der Waals surface area contributed by atoms with Crippen molar-refractivity contribution in [2.24, 2.45) is 0 Å². The molecule has 0 saturated heterocycles. The minimum atomic E-state index is -0.147. The van der Waals surface area contributed by atoms with Gasteiger partial charge in [0.1, 0.15) is 18.4 Å². The molecule has 2 aromatic rings. The smallest absolute Gasteiger partial charge is 0.248 e. The molecule has 7 heteroatoms. The van der Waals surface area contributed by atoms with Gasteiger partial charge in [0.2, 0.25) is 5.89 Å². The number of hydrogen-bond donors (Lipinski definition) is 1. The highest BCUT2D eigenvalue weighted by Crippen LogP contribution is 2.29. The summed E-state index contributed by atoms with van der Waals surface area (Å²) >= 11 is 6.24. The number of halogens is 1. The average Bonchev–Trinajstić information content (AvgIpc) is 3.00. The molecule has 1 aromatic heterocycles. The van der Waals surface area contributed by atoms with Gasteiger partial charge in [-0.25, -0.2) is 0 Å². The Morgan fingerprint density at radius 2 is 2.04 bits per heavy atom. The molecule has 1 atom stereocenters. The Morgan fingerprint density at radius 3 is 2.62 bits per heavy atom. The fourth-order valence-electron chi connectivity index (χ4n) is 1.97. The van der Waals surface area contributed by atoms with E-state index in [4.69, 9.17) is 25.6 Å². The number of aromatic nitrogens is 2. The lowest BCUT2D eigenvalue weighted by molar-refractivity contribution is 0.146. The van der Waals surface area contributed by atoms with Gasteiger partial charge in [-0.2, -0.15) is 4.98 Å². The zero-order valence-corrected chi connectivity index (χ0v) is 15.5. The summed E-state index contributed by atoms with van der Waals surface area (Å²) in [6.07, 6.45) is 0. The summed E-state index contributed by atoms with van der Waals surface area (Å²) in [4.78, 5) is 4.46. The molecule has 1 unspecified atom stereocenters. The molecule has 0 amide bonds. The Morgan fingerprint density at radius 1 is 1.29 bits per heavy atom. The maximum Gasteiger partial charge on any atom is 0.248 e. The fourth-order valence-corrected chi connectivity index (χ4v) is 2.21. The second-order valence-corrected chi connectivity index (χ2v) is 6.97. The van der Waals surface area contributed by atoms with Crippen molar-refractivity contribution in [2.75, 3.05) is 25.6 Å². The van der Waals surface area contributed by atoms with Crippen molar-refractivity contribution in [1.29, 1.82) is 0 Å². The van der Waals surface area contributed by atoms with Crippen LogP contribution in [0.4, 0.5) is 5.69 Å². The lowest BCUT2D eigenvalue weighted by Gasteiger charge is -2.14. The molecule has 0 aliphatic rings. The fraction of sp³-hybridized carbons (Fsp3) is 0.529. The van der Waals surface area contributed by atoms with E-state index in [1.165, 1.54) is 0 Å². The Bertz CT molecular complexity index is 667. The lowest BCUT2D eigenvalue weighted by Crippen LogP contribution is -2.14. The van der Waals surface area contributed by atoms with Gasteiger partial charge in [-0.05, 0) is 25.1 Å². The van der Waals surface area contributed by atoms with Gasteiger partial charge < -0.3 is 19.3 Å². The largest absolute Gasteiger partial charge is 0.490 e. The highest BCUT2D eigenvalue weighted by molar-refractivity contribution is 6.32. The lowest BCUT2D eigenvalue weighted by atomic mass is 9.96. The quantitative estimate of drug-likeness (QED) is 0.751. The van der Waals surface area contributed by atoms with Gasteiger partial charge in [-0.1, -0.05) is 37.5 Å². The molecule has 1 N–H and O–H groups in total. The Labute approximate surface area is 147 Å². The zero-order chi connectivity index (χ0) is 17.7. The number of nitrogens with zero attached hydrogens (tertiary/aromatic N) is 2. The number of rotatable bonds is 7. The second-order valence-electron chi connectivity index (χ2n) is 6.56. The molecule has 24 heavy (non-hydrogen) atoms. The van der Waals surface area contributed by atoms with E-state index in [0.29, 0.717) is 35.7 Å². The van der Waals surface area contributed by atoms with Gasteiger partial charge in [-0.15, -0.1) is 0 Å². The van der Waals surface area contributed by atoms with Crippen LogP contribution < -0.4 is 10.1 Å². The predicted molar refractivity (Wildman–Crippen MR) is 93.9 cm³/mol. The van der Waals surface area contributed by atoms with Crippen LogP contribution in [0.25, 0.3) is 0 Å². The molecule has 0 aliphatic carbocycles. The van der Waals surface area contributed by atoms with E-state index in [2.05, 4.69) is 15.5 Å². The molecule has 0 bridgehead atoms. The number of ether oxygens (including phenoxy) is 2. The van der Waals surface area contributed by atoms with E-state index in [1.807, 2.05) is 39.8 Å². The number of benzene rings is 1. The normalized spacial score (nSPS) is 12.9. The summed E-state index contributed by atoms with van der Waals surface area (Å²) in [5.74, 6) is 1.85. The minimum absolute atomic E-state index is 0.134. The average molecular weight is 354 g/mol. The first-order valence-electron chi connectivity index (χ1n) is 7.83. The molecule has 0 spiro atoms. The van der Waals surface area contributed by atoms with E-state index >= 15 is 0 Å². The Balaban J connectivity index is 2.02. The van der Waals surface area contributed by atoms with Crippen molar-refractivity contribution in [1.82, 2.24) is 10.1 Å². The summed E-state index contributed by atoms with van der Waals surface area (Å²) in [5, 5.41) is 7.87. The SMILES string of the molecule is COCCOc1ccc(NC(C)c2nc(C(C)(C)C)no2)cc1Cl. The highest BCUT2D eigenvalue weighted by Gasteiger charge is 2.23. The Hall–Kier alpha value is -1.79. The van der Waals surface area contributed by atoms with E-state index in [1.54, 1.807) is 13.2 Å². The first-order valence-corrected chi connectivity index (χ1v) is 8.21. The van der Waals surface area contributed by atoms with Crippen LogP contribution in [0.15, 0.2) is 22.7 Å². The molecule has 0 aliphatic heterocycles. The molecule has 0 fully saturated rings. The van der Waals surface area contributed by atoms with Gasteiger partial charge in [-0.3, -0.25) is 0 Å². The highest BCUT2D eigenvalue weighted by atomic mass is 35.5. The number of methoxy groups -OCH3 is 1. The third-order valence-corrected chi connectivity index (χ3v) is 3.64. The van der Waals surface area contributed by atoms with Gasteiger partial charge in [0, 0.05) is 18.2 Å². The van der Waals surface area contributed by atoms with Crippen molar-refractivity contribution in [2.45, 2.75) is 39.2 Å². The molecular formula is C17H24ClN3O3. The van der Waals surface area contributed by atoms with E-state index in [9.17, 15) is 0 Å². The predicted octanol–water partition coefficient (Wildman–Crippen LogP) is 4.22. The van der Waals surface area contributed by atoms with Crippen molar-refractivity contribution >= 4 is 17.3 Å². The van der Waals surface area contributed by atoms with Crippen LogP contribution in [-0.4, -0.2) is 30.5 Å². The van der Waals surface area contributed by atoms with E-state index in [-0.39, 0.29) is 11.5 Å². The summed E-state index contributed by atoms with van der Waals surface area (Å²) in [7, 11) is 1.63. The molecule has 2 rings (SSSR count). The molecule has 0 saturated carbocycles. The van der Waals surface area contributed by atoms with Crippen LogP contribution in [0.2, 0.25) is 5.02 Å².